The molecule has 0 aliphatic heterocycles. The van der Waals surface area contributed by atoms with Crippen molar-refractivity contribution in [3.63, 3.8) is 0 Å². The standard InChI is InChI=1S/C8H13NO/c1-5-7(3)9(4)8(10)6-2/h5-6H,2H2,1,3-4H3/b7-5-. The summed E-state index contributed by atoms with van der Waals surface area (Å²) in [4.78, 5) is 12.4. The van der Waals surface area contributed by atoms with Gasteiger partial charge in [-0.25, -0.2) is 0 Å². The lowest BCUT2D eigenvalue weighted by atomic mass is 10.4. The molecule has 0 radical (unpaired) electrons. The van der Waals surface area contributed by atoms with E-state index in [4.69, 9.17) is 0 Å². The molecule has 2 heteroatoms. The molecule has 0 aliphatic rings. The Balaban J connectivity index is 4.21. The zero-order valence-corrected chi connectivity index (χ0v) is 6.72. The van der Waals surface area contributed by atoms with Gasteiger partial charge in [0.2, 0.25) is 5.91 Å². The predicted molar refractivity (Wildman–Crippen MR) is 42.4 cm³/mol. The molecule has 0 heterocycles. The molecule has 0 aromatic carbocycles. The van der Waals surface area contributed by atoms with Gasteiger partial charge in [-0.15, -0.1) is 0 Å². The number of hydrogen-bond donors (Lipinski definition) is 0. The zero-order valence-electron chi connectivity index (χ0n) is 6.72. The third kappa shape index (κ3) is 2.05. The molecule has 0 bridgehead atoms. The van der Waals surface area contributed by atoms with Crippen molar-refractivity contribution in [3.8, 4) is 0 Å². The Kier molecular flexibility index (Phi) is 3.47. The molecule has 0 rings (SSSR count). The molecular weight excluding hydrogens is 126 g/mol. The molecule has 0 saturated carbocycles. The van der Waals surface area contributed by atoms with E-state index in [2.05, 4.69) is 6.58 Å². The second-order valence-corrected chi connectivity index (χ2v) is 2.03. The lowest BCUT2D eigenvalue weighted by Gasteiger charge is -2.14. The smallest absolute Gasteiger partial charge is 0.249 e. The Hall–Kier alpha value is -1.05. The van der Waals surface area contributed by atoms with Crippen molar-refractivity contribution in [1.82, 2.24) is 4.90 Å². The Morgan fingerprint density at radius 1 is 1.60 bits per heavy atom. The largest absolute Gasteiger partial charge is 0.316 e. The molecule has 1 amide bonds. The van der Waals surface area contributed by atoms with Crippen molar-refractivity contribution in [3.05, 3.63) is 24.4 Å². The third-order valence-electron chi connectivity index (χ3n) is 1.45. The van der Waals surface area contributed by atoms with Crippen LogP contribution in [0.1, 0.15) is 13.8 Å². The second kappa shape index (κ2) is 3.88. The summed E-state index contributed by atoms with van der Waals surface area (Å²) in [5.41, 5.74) is 0.935. The van der Waals surface area contributed by atoms with Crippen LogP contribution in [0.25, 0.3) is 0 Å². The Labute approximate surface area is 61.8 Å². The van der Waals surface area contributed by atoms with Gasteiger partial charge in [-0.3, -0.25) is 4.79 Å². The van der Waals surface area contributed by atoms with Crippen LogP contribution < -0.4 is 0 Å². The van der Waals surface area contributed by atoms with Gasteiger partial charge >= 0.3 is 0 Å². The van der Waals surface area contributed by atoms with Crippen molar-refractivity contribution < 1.29 is 4.79 Å². The monoisotopic (exact) mass is 139 g/mol. The number of allylic oxidation sites excluding steroid dienone is 2. The van der Waals surface area contributed by atoms with Gasteiger partial charge in [0.05, 0.1) is 0 Å². The summed E-state index contributed by atoms with van der Waals surface area (Å²) in [5, 5.41) is 0. The quantitative estimate of drug-likeness (QED) is 0.531. The Morgan fingerprint density at radius 2 is 2.10 bits per heavy atom. The lowest BCUT2D eigenvalue weighted by molar-refractivity contribution is -0.123. The summed E-state index contributed by atoms with van der Waals surface area (Å²) in [6.45, 7) is 7.15. The van der Waals surface area contributed by atoms with Crippen molar-refractivity contribution >= 4 is 5.91 Å². The van der Waals surface area contributed by atoms with Gasteiger partial charge in [-0.05, 0) is 19.9 Å². The highest BCUT2D eigenvalue weighted by molar-refractivity contribution is 5.88. The number of hydrogen-bond acceptors (Lipinski definition) is 1. The molecule has 2 nitrogen and oxygen atoms in total. The van der Waals surface area contributed by atoms with Crippen LogP contribution in [0.4, 0.5) is 0 Å². The second-order valence-electron chi connectivity index (χ2n) is 2.03. The highest BCUT2D eigenvalue weighted by Gasteiger charge is 2.02. The van der Waals surface area contributed by atoms with E-state index >= 15 is 0 Å². The summed E-state index contributed by atoms with van der Waals surface area (Å²) in [6.07, 6.45) is 3.18. The van der Waals surface area contributed by atoms with E-state index < -0.39 is 0 Å². The number of likely N-dealkylation sites (N-methyl/N-ethyl adjacent to an activating group) is 1. The molecule has 0 aromatic rings. The highest BCUT2D eigenvalue weighted by atomic mass is 16.2. The maximum atomic E-state index is 10.9. The normalized spacial score (nSPS) is 10.9. The maximum Gasteiger partial charge on any atom is 0.249 e. The number of rotatable bonds is 2. The summed E-state index contributed by atoms with van der Waals surface area (Å²) >= 11 is 0. The molecular formula is C8H13NO. The average molecular weight is 139 g/mol. The number of nitrogens with zero attached hydrogens (tertiary/aromatic N) is 1. The van der Waals surface area contributed by atoms with Gasteiger partial charge in [0.25, 0.3) is 0 Å². The topological polar surface area (TPSA) is 20.3 Å². The fraction of sp³-hybridized carbons (Fsp3) is 0.375. The average Bonchev–Trinajstić information content (AvgIpc) is 2.00. The van der Waals surface area contributed by atoms with Crippen LogP contribution in [0.15, 0.2) is 24.4 Å². The number of amides is 1. The first-order chi connectivity index (χ1) is 4.63. The molecule has 0 spiro atoms. The van der Waals surface area contributed by atoms with Crippen LogP contribution in [-0.4, -0.2) is 17.9 Å². The molecule has 0 unspecified atom stereocenters. The van der Waals surface area contributed by atoms with Gasteiger partial charge in [-0.1, -0.05) is 12.7 Å². The van der Waals surface area contributed by atoms with Gasteiger partial charge < -0.3 is 4.90 Å². The molecule has 0 saturated heterocycles. The van der Waals surface area contributed by atoms with Gasteiger partial charge in [-0.2, -0.15) is 0 Å². The Bertz CT molecular complexity index is 168. The van der Waals surface area contributed by atoms with E-state index in [0.29, 0.717) is 0 Å². The van der Waals surface area contributed by atoms with Crippen LogP contribution in [0.5, 0.6) is 0 Å². The van der Waals surface area contributed by atoms with Gasteiger partial charge in [0.15, 0.2) is 0 Å². The first-order valence-electron chi connectivity index (χ1n) is 3.16. The molecule has 0 aromatic heterocycles. The van der Waals surface area contributed by atoms with Crippen LogP contribution in [-0.2, 0) is 4.79 Å². The van der Waals surface area contributed by atoms with Crippen molar-refractivity contribution in [1.29, 1.82) is 0 Å². The van der Waals surface area contributed by atoms with Crippen molar-refractivity contribution in [2.75, 3.05) is 7.05 Å². The third-order valence-corrected chi connectivity index (χ3v) is 1.45. The van der Waals surface area contributed by atoms with Crippen LogP contribution >= 0.6 is 0 Å². The van der Waals surface area contributed by atoms with Crippen molar-refractivity contribution in [2.45, 2.75) is 13.8 Å². The van der Waals surface area contributed by atoms with Crippen LogP contribution in [0.3, 0.4) is 0 Å². The molecule has 56 valence electrons. The highest BCUT2D eigenvalue weighted by Crippen LogP contribution is 1.99. The zero-order chi connectivity index (χ0) is 8.15. The summed E-state index contributed by atoms with van der Waals surface area (Å²) < 4.78 is 0. The van der Waals surface area contributed by atoms with E-state index in [0.717, 1.165) is 5.70 Å². The predicted octanol–water partition coefficient (Wildman–Crippen LogP) is 1.55. The SMILES string of the molecule is C=CC(=O)N(C)/C(C)=C\C. The van der Waals surface area contributed by atoms with Gasteiger partial charge in [0, 0.05) is 12.7 Å². The number of carbonyl (C=O) groups is 1. The molecule has 0 aliphatic carbocycles. The fourth-order valence-electron chi connectivity index (χ4n) is 0.504. The van der Waals surface area contributed by atoms with E-state index in [1.165, 1.54) is 6.08 Å². The molecule has 0 N–H and O–H groups in total. The first-order valence-corrected chi connectivity index (χ1v) is 3.16. The van der Waals surface area contributed by atoms with E-state index in [1.807, 2.05) is 19.9 Å². The summed E-state index contributed by atoms with van der Waals surface area (Å²) in [5.74, 6) is -0.0735. The minimum absolute atomic E-state index is 0.0735. The minimum atomic E-state index is -0.0735. The van der Waals surface area contributed by atoms with Crippen LogP contribution in [0, 0.1) is 0 Å². The first kappa shape index (κ1) is 8.95. The summed E-state index contributed by atoms with van der Waals surface area (Å²) in [6, 6.07) is 0. The minimum Gasteiger partial charge on any atom is -0.316 e. The summed E-state index contributed by atoms with van der Waals surface area (Å²) in [7, 11) is 1.72. The molecule has 10 heavy (non-hydrogen) atoms. The van der Waals surface area contributed by atoms with E-state index in [-0.39, 0.29) is 5.91 Å². The fourth-order valence-corrected chi connectivity index (χ4v) is 0.504. The van der Waals surface area contributed by atoms with Crippen molar-refractivity contribution in [2.24, 2.45) is 0 Å². The Morgan fingerprint density at radius 3 is 2.40 bits per heavy atom. The maximum absolute atomic E-state index is 10.9. The number of carbonyl (C=O) groups excluding carboxylic acids is 1. The van der Waals surface area contributed by atoms with E-state index in [9.17, 15) is 4.79 Å². The van der Waals surface area contributed by atoms with E-state index in [1.54, 1.807) is 11.9 Å². The molecule has 0 atom stereocenters. The van der Waals surface area contributed by atoms with Gasteiger partial charge in [0.1, 0.15) is 0 Å². The lowest BCUT2D eigenvalue weighted by Crippen LogP contribution is -2.22. The molecule has 0 fully saturated rings. The van der Waals surface area contributed by atoms with Crippen LogP contribution in [0.2, 0.25) is 0 Å².